The van der Waals surface area contributed by atoms with Gasteiger partial charge in [-0.2, -0.15) is 0 Å². The Balaban J connectivity index is 3.09. The van der Waals surface area contributed by atoms with Crippen LogP contribution in [0.4, 0.5) is 0 Å². The normalized spacial score (nSPS) is 13.6. The second-order valence-corrected chi connectivity index (χ2v) is 9.49. The number of phosphoric acid groups is 1. The van der Waals surface area contributed by atoms with Crippen LogP contribution < -0.4 is 0 Å². The molecule has 1 atom stereocenters. The van der Waals surface area contributed by atoms with Gasteiger partial charge in [-0.1, -0.05) is 122 Å². The number of rotatable bonds is 24. The van der Waals surface area contributed by atoms with Crippen LogP contribution >= 0.6 is 7.82 Å². The maximum Gasteiger partial charge on any atom is 0.499 e. The van der Waals surface area contributed by atoms with Crippen LogP contribution in [0, 0.1) is 0 Å². The summed E-state index contributed by atoms with van der Waals surface area (Å²) in [5, 5.41) is 0. The van der Waals surface area contributed by atoms with E-state index in [0.29, 0.717) is 6.61 Å². The standard InChI is InChI=1S/C23H49O5P/c1-3-5-6-7-8-9-10-11-12-13-14-15-16-17-18-19-20-21-22-23-26-28-29(24,25)27-4-2/h3-23H2,1-2H3,(H,24,25). The van der Waals surface area contributed by atoms with Crippen LogP contribution in [-0.4, -0.2) is 18.1 Å². The molecule has 0 saturated heterocycles. The summed E-state index contributed by atoms with van der Waals surface area (Å²) in [5.74, 6) is 0. The summed E-state index contributed by atoms with van der Waals surface area (Å²) in [5.41, 5.74) is 0. The molecule has 0 aromatic carbocycles. The molecule has 6 heteroatoms. The Labute approximate surface area is 180 Å². The Hall–Kier alpha value is 0.0700. The van der Waals surface area contributed by atoms with Crippen LogP contribution in [0.15, 0.2) is 0 Å². The molecular formula is C23H49O5P. The minimum atomic E-state index is -4.01. The van der Waals surface area contributed by atoms with Crippen LogP contribution in [0.3, 0.4) is 0 Å². The van der Waals surface area contributed by atoms with Gasteiger partial charge in [0.1, 0.15) is 0 Å². The molecule has 0 radical (unpaired) electrons. The molecular weight excluding hydrogens is 387 g/mol. The molecule has 1 N–H and O–H groups in total. The van der Waals surface area contributed by atoms with E-state index < -0.39 is 7.82 Å². The third kappa shape index (κ3) is 24.2. The van der Waals surface area contributed by atoms with E-state index in [0.717, 1.165) is 12.8 Å². The number of hydrogen-bond acceptors (Lipinski definition) is 4. The molecule has 0 aromatic rings. The van der Waals surface area contributed by atoms with E-state index in [4.69, 9.17) is 9.78 Å². The van der Waals surface area contributed by atoms with E-state index in [2.05, 4.69) is 16.1 Å². The van der Waals surface area contributed by atoms with Crippen molar-refractivity contribution in [2.45, 2.75) is 136 Å². The van der Waals surface area contributed by atoms with Crippen LogP contribution in [0.25, 0.3) is 0 Å². The van der Waals surface area contributed by atoms with Crippen molar-refractivity contribution >= 4 is 7.82 Å². The van der Waals surface area contributed by atoms with Crippen molar-refractivity contribution in [3.05, 3.63) is 0 Å². The van der Waals surface area contributed by atoms with Gasteiger partial charge in [0.15, 0.2) is 0 Å². The summed E-state index contributed by atoms with van der Waals surface area (Å²) < 4.78 is 20.1. The number of unbranched alkanes of at least 4 members (excludes halogenated alkanes) is 18. The van der Waals surface area contributed by atoms with Crippen molar-refractivity contribution in [3.8, 4) is 0 Å². The summed E-state index contributed by atoms with van der Waals surface area (Å²) in [6.45, 7) is 4.36. The van der Waals surface area contributed by atoms with Gasteiger partial charge in [0.25, 0.3) is 0 Å². The largest absolute Gasteiger partial charge is 0.499 e. The van der Waals surface area contributed by atoms with E-state index in [-0.39, 0.29) is 6.61 Å². The van der Waals surface area contributed by atoms with Gasteiger partial charge in [0.2, 0.25) is 0 Å². The summed E-state index contributed by atoms with van der Waals surface area (Å²) in [6.07, 6.45) is 25.4. The summed E-state index contributed by atoms with van der Waals surface area (Å²) in [7, 11) is -4.01. The Morgan fingerprint density at radius 3 is 1.28 bits per heavy atom. The van der Waals surface area contributed by atoms with Gasteiger partial charge in [-0.25, -0.2) is 9.45 Å². The predicted octanol–water partition coefficient (Wildman–Crippen LogP) is 8.50. The predicted molar refractivity (Wildman–Crippen MR) is 122 cm³/mol. The first kappa shape index (κ1) is 29.1. The lowest BCUT2D eigenvalue weighted by molar-refractivity contribution is -0.224. The van der Waals surface area contributed by atoms with Gasteiger partial charge in [0, 0.05) is 0 Å². The molecule has 176 valence electrons. The maximum absolute atomic E-state index is 11.2. The smallest absolute Gasteiger partial charge is 0.301 e. The quantitative estimate of drug-likeness (QED) is 0.0711. The van der Waals surface area contributed by atoms with E-state index in [1.54, 1.807) is 6.92 Å². The van der Waals surface area contributed by atoms with Crippen molar-refractivity contribution in [2.75, 3.05) is 13.2 Å². The zero-order chi connectivity index (χ0) is 21.5. The van der Waals surface area contributed by atoms with Crippen LogP contribution in [0.2, 0.25) is 0 Å². The average Bonchev–Trinajstić information content (AvgIpc) is 2.69. The van der Waals surface area contributed by atoms with Gasteiger partial charge < -0.3 is 4.89 Å². The fourth-order valence-corrected chi connectivity index (χ4v) is 4.11. The average molecular weight is 437 g/mol. The first-order valence-corrected chi connectivity index (χ1v) is 13.9. The number of phosphoric ester groups is 1. The zero-order valence-electron chi connectivity index (χ0n) is 19.4. The second-order valence-electron chi connectivity index (χ2n) is 8.15. The molecule has 0 saturated carbocycles. The fourth-order valence-electron chi connectivity index (χ4n) is 3.53. The molecule has 0 aliphatic carbocycles. The first-order chi connectivity index (χ1) is 14.1. The lowest BCUT2D eigenvalue weighted by Crippen LogP contribution is -1.98. The first-order valence-electron chi connectivity index (χ1n) is 12.4. The Morgan fingerprint density at radius 2 is 0.931 bits per heavy atom. The molecule has 1 unspecified atom stereocenters. The van der Waals surface area contributed by atoms with Gasteiger partial charge >= 0.3 is 7.82 Å². The third-order valence-electron chi connectivity index (χ3n) is 5.27. The highest BCUT2D eigenvalue weighted by Crippen LogP contribution is 2.43. The highest BCUT2D eigenvalue weighted by atomic mass is 31.2. The van der Waals surface area contributed by atoms with Crippen LogP contribution in [0.5, 0.6) is 0 Å². The molecule has 0 amide bonds. The summed E-state index contributed by atoms with van der Waals surface area (Å²) >= 11 is 0. The van der Waals surface area contributed by atoms with Crippen molar-refractivity contribution in [2.24, 2.45) is 0 Å². The lowest BCUT2D eigenvalue weighted by atomic mass is 10.0. The molecule has 0 aliphatic rings. The minimum absolute atomic E-state index is 0.121. The molecule has 0 rings (SSSR count). The summed E-state index contributed by atoms with van der Waals surface area (Å²) in [4.78, 5) is 13.9. The van der Waals surface area contributed by atoms with Crippen LogP contribution in [-0.2, 0) is 18.7 Å². The van der Waals surface area contributed by atoms with E-state index >= 15 is 0 Å². The molecule has 0 aliphatic heterocycles. The topological polar surface area (TPSA) is 65.0 Å². The van der Waals surface area contributed by atoms with Crippen molar-refractivity contribution in [1.29, 1.82) is 0 Å². The monoisotopic (exact) mass is 436 g/mol. The molecule has 0 heterocycles. The molecule has 0 bridgehead atoms. The van der Waals surface area contributed by atoms with E-state index in [1.807, 2.05) is 0 Å². The molecule has 0 aromatic heterocycles. The molecule has 5 nitrogen and oxygen atoms in total. The van der Waals surface area contributed by atoms with Gasteiger partial charge in [-0.3, -0.25) is 4.52 Å². The minimum Gasteiger partial charge on any atom is -0.301 e. The second kappa shape index (κ2) is 22.7. The lowest BCUT2D eigenvalue weighted by Gasteiger charge is -2.09. The highest BCUT2D eigenvalue weighted by Gasteiger charge is 2.21. The van der Waals surface area contributed by atoms with Gasteiger partial charge in [0.05, 0.1) is 13.2 Å². The Kier molecular flexibility index (Phi) is 22.8. The molecule has 29 heavy (non-hydrogen) atoms. The molecule has 0 fully saturated rings. The zero-order valence-corrected chi connectivity index (χ0v) is 20.3. The van der Waals surface area contributed by atoms with E-state index in [9.17, 15) is 4.57 Å². The van der Waals surface area contributed by atoms with Gasteiger partial charge in [-0.15, -0.1) is 4.67 Å². The third-order valence-corrected chi connectivity index (χ3v) is 6.15. The molecule has 0 spiro atoms. The van der Waals surface area contributed by atoms with Gasteiger partial charge in [-0.05, 0) is 13.3 Å². The highest BCUT2D eigenvalue weighted by molar-refractivity contribution is 7.47. The Morgan fingerprint density at radius 1 is 0.586 bits per heavy atom. The van der Waals surface area contributed by atoms with E-state index in [1.165, 1.54) is 109 Å². The maximum atomic E-state index is 11.2. The summed E-state index contributed by atoms with van der Waals surface area (Å²) in [6, 6.07) is 0. The van der Waals surface area contributed by atoms with Crippen molar-refractivity contribution in [3.63, 3.8) is 0 Å². The SMILES string of the molecule is CCCCCCCCCCCCCCCCCCCCCOOP(=O)(O)OCC. The van der Waals surface area contributed by atoms with Crippen LogP contribution in [0.1, 0.15) is 136 Å². The van der Waals surface area contributed by atoms with Crippen molar-refractivity contribution in [1.82, 2.24) is 0 Å². The Bertz CT molecular complexity index is 365. The fraction of sp³-hybridized carbons (Fsp3) is 1.00. The number of hydrogen-bond donors (Lipinski definition) is 1. The van der Waals surface area contributed by atoms with Crippen molar-refractivity contribution < 1.29 is 23.5 Å².